The summed E-state index contributed by atoms with van der Waals surface area (Å²) in [4.78, 5) is 24.0. The third-order valence-corrected chi connectivity index (χ3v) is 7.69. The van der Waals surface area contributed by atoms with Gasteiger partial charge in [-0.05, 0) is 31.9 Å². The van der Waals surface area contributed by atoms with Gasteiger partial charge in [-0.2, -0.15) is 5.10 Å². The number of ether oxygens (including phenoxy) is 1. The monoisotopic (exact) mass is 460 g/mol. The highest BCUT2D eigenvalue weighted by Gasteiger charge is 2.47. The molecule has 3 aliphatic heterocycles. The molecule has 3 aliphatic rings. The van der Waals surface area contributed by atoms with Crippen LogP contribution in [0.2, 0.25) is 0 Å². The molecular weight excluding hydrogens is 432 g/mol. The Morgan fingerprint density at radius 2 is 2.00 bits per heavy atom. The molecule has 34 heavy (non-hydrogen) atoms. The lowest BCUT2D eigenvalue weighted by molar-refractivity contribution is 0.0974. The summed E-state index contributed by atoms with van der Waals surface area (Å²) >= 11 is 0. The topological polar surface area (TPSA) is 117 Å². The average Bonchev–Trinajstić information content (AvgIpc) is 3.41. The summed E-state index contributed by atoms with van der Waals surface area (Å²) in [7, 11) is 1.99. The minimum absolute atomic E-state index is 0.0740. The van der Waals surface area contributed by atoms with E-state index in [0.717, 1.165) is 74.3 Å². The van der Waals surface area contributed by atoms with Gasteiger partial charge >= 0.3 is 0 Å². The second-order valence-electron chi connectivity index (χ2n) is 9.56. The Labute approximate surface area is 197 Å². The Balaban J connectivity index is 1.26. The van der Waals surface area contributed by atoms with Gasteiger partial charge in [0.15, 0.2) is 17.0 Å². The largest absolute Gasteiger partial charge is 0.376 e. The van der Waals surface area contributed by atoms with Crippen LogP contribution in [0.25, 0.3) is 16.0 Å². The number of nitrogens with zero attached hydrogens (tertiary/aromatic N) is 8. The van der Waals surface area contributed by atoms with Crippen molar-refractivity contribution in [2.75, 3.05) is 54.5 Å². The van der Waals surface area contributed by atoms with Gasteiger partial charge in [0, 0.05) is 44.7 Å². The van der Waals surface area contributed by atoms with Crippen molar-refractivity contribution in [2.24, 2.45) is 11.1 Å². The Morgan fingerprint density at radius 3 is 2.74 bits per heavy atom. The Hall–Kier alpha value is -3.49. The van der Waals surface area contributed by atoms with Crippen LogP contribution in [0.5, 0.6) is 0 Å². The zero-order valence-electron chi connectivity index (χ0n) is 19.4. The zero-order chi connectivity index (χ0) is 23.4. The quantitative estimate of drug-likeness (QED) is 0.555. The van der Waals surface area contributed by atoms with Crippen LogP contribution in [0, 0.1) is 12.0 Å². The van der Waals surface area contributed by atoms with E-state index in [4.69, 9.17) is 27.0 Å². The molecule has 0 aliphatic carbocycles. The molecule has 0 amide bonds. The smallest absolute Gasteiger partial charge is 0.271 e. The van der Waals surface area contributed by atoms with Crippen molar-refractivity contribution in [3.63, 3.8) is 0 Å². The van der Waals surface area contributed by atoms with Gasteiger partial charge in [0.2, 0.25) is 5.82 Å². The maximum absolute atomic E-state index is 7.27. The number of piperidine rings is 1. The van der Waals surface area contributed by atoms with Crippen LogP contribution in [0.3, 0.4) is 0 Å². The first-order valence-corrected chi connectivity index (χ1v) is 11.7. The summed E-state index contributed by atoms with van der Waals surface area (Å²) in [6.07, 6.45) is 3.94. The van der Waals surface area contributed by atoms with Crippen molar-refractivity contribution in [2.45, 2.75) is 31.9 Å². The van der Waals surface area contributed by atoms with Crippen LogP contribution >= 0.6 is 0 Å². The molecule has 176 valence electrons. The first-order chi connectivity index (χ1) is 16.5. The summed E-state index contributed by atoms with van der Waals surface area (Å²) in [5.74, 6) is 2.72. The fraction of sp³-hybridized carbons (Fsp3) is 0.522. The predicted octanol–water partition coefficient (Wildman–Crippen LogP) is 2.22. The molecule has 0 unspecified atom stereocenters. The summed E-state index contributed by atoms with van der Waals surface area (Å²) in [6.45, 7) is 13.4. The minimum Gasteiger partial charge on any atom is -0.376 e. The van der Waals surface area contributed by atoms with Crippen molar-refractivity contribution in [3.05, 3.63) is 29.7 Å². The third kappa shape index (κ3) is 3.17. The van der Waals surface area contributed by atoms with Crippen LogP contribution in [0.4, 0.5) is 29.0 Å². The number of H-pyrrole nitrogens is 1. The van der Waals surface area contributed by atoms with Crippen molar-refractivity contribution in [3.8, 4) is 0 Å². The lowest BCUT2D eigenvalue weighted by Crippen LogP contribution is -2.50. The highest BCUT2D eigenvalue weighted by Crippen LogP contribution is 2.42. The number of rotatable bonds is 2. The van der Waals surface area contributed by atoms with Gasteiger partial charge in [0.05, 0.1) is 18.9 Å². The van der Waals surface area contributed by atoms with Crippen molar-refractivity contribution in [1.29, 1.82) is 0 Å². The number of anilines is 4. The standard InChI is InChI=1S/C23H28N10O/c1-14-19(24)23(13-34-14)6-8-32(9-7-23)17-12-26-18-20(28-17)29-30-22(18)33-11-10-31(3)21-15(33)4-5-16(25-2)27-21/h4-5,12,14,19H,6-11,13,24H2,1,3H3,(H,28,29,30)/t14-,19+/m0/s1. The highest BCUT2D eigenvalue weighted by molar-refractivity contribution is 5.90. The number of likely N-dealkylation sites (N-methyl/N-ethyl adjacent to an activating group) is 1. The lowest BCUT2D eigenvalue weighted by atomic mass is 9.73. The molecule has 1 spiro atoms. The van der Waals surface area contributed by atoms with E-state index in [-0.39, 0.29) is 17.6 Å². The zero-order valence-corrected chi connectivity index (χ0v) is 19.4. The average molecular weight is 461 g/mol. The number of fused-ring (bicyclic) bond motifs is 2. The number of pyridine rings is 1. The van der Waals surface area contributed by atoms with Crippen molar-refractivity contribution < 1.29 is 4.74 Å². The Bertz CT molecular complexity index is 1270. The van der Waals surface area contributed by atoms with Crippen molar-refractivity contribution in [1.82, 2.24) is 25.1 Å². The van der Waals surface area contributed by atoms with Gasteiger partial charge in [0.25, 0.3) is 5.82 Å². The number of aromatic nitrogens is 5. The number of nitrogens with two attached hydrogens (primary N) is 1. The second kappa shape index (κ2) is 7.78. The molecule has 3 aromatic heterocycles. The fourth-order valence-electron chi connectivity index (χ4n) is 5.46. The second-order valence-corrected chi connectivity index (χ2v) is 9.56. The molecule has 0 bridgehead atoms. The van der Waals surface area contributed by atoms with Gasteiger partial charge < -0.3 is 30.0 Å². The molecule has 3 N–H and O–H groups in total. The Kier molecular flexibility index (Phi) is 4.82. The van der Waals surface area contributed by atoms with E-state index < -0.39 is 0 Å². The number of hydrogen-bond donors (Lipinski definition) is 2. The summed E-state index contributed by atoms with van der Waals surface area (Å²) in [6, 6.07) is 3.75. The normalized spacial score (nSPS) is 24.0. The molecule has 2 fully saturated rings. The van der Waals surface area contributed by atoms with Gasteiger partial charge in [-0.15, -0.1) is 4.98 Å². The van der Waals surface area contributed by atoms with E-state index in [0.29, 0.717) is 11.5 Å². The van der Waals surface area contributed by atoms with E-state index in [2.05, 4.69) is 41.6 Å². The van der Waals surface area contributed by atoms with Gasteiger partial charge in [-0.25, -0.2) is 9.97 Å². The number of nitrogens with one attached hydrogen (secondary N) is 1. The number of hydrogen-bond acceptors (Lipinski definition) is 9. The van der Waals surface area contributed by atoms with Crippen molar-refractivity contribution >= 4 is 40.1 Å². The van der Waals surface area contributed by atoms with Gasteiger partial charge in [-0.1, -0.05) is 6.57 Å². The van der Waals surface area contributed by atoms with E-state index in [1.165, 1.54) is 0 Å². The van der Waals surface area contributed by atoms with E-state index in [1.54, 1.807) is 6.07 Å². The van der Waals surface area contributed by atoms with E-state index in [9.17, 15) is 0 Å². The number of aromatic amines is 1. The molecule has 2 saturated heterocycles. The molecule has 3 aromatic rings. The van der Waals surface area contributed by atoms with E-state index in [1.807, 2.05) is 19.3 Å². The van der Waals surface area contributed by atoms with Gasteiger partial charge in [0.1, 0.15) is 11.5 Å². The van der Waals surface area contributed by atoms with Crippen LogP contribution < -0.4 is 20.4 Å². The summed E-state index contributed by atoms with van der Waals surface area (Å²) < 4.78 is 5.85. The fourth-order valence-corrected chi connectivity index (χ4v) is 5.46. The van der Waals surface area contributed by atoms with Crippen LogP contribution in [-0.4, -0.2) is 77.1 Å². The molecular formula is C23H28N10O. The first-order valence-electron chi connectivity index (χ1n) is 11.7. The molecule has 6 heterocycles. The predicted molar refractivity (Wildman–Crippen MR) is 130 cm³/mol. The Morgan fingerprint density at radius 1 is 1.18 bits per heavy atom. The SMILES string of the molecule is [C-]#[N+]c1ccc2c(n1)N(C)CCN2c1n[nH]c2nc(N3CCC4(CC3)CO[C@@H](C)[C@H]4N)cnc12. The summed E-state index contributed by atoms with van der Waals surface area (Å²) in [5, 5.41) is 7.64. The maximum atomic E-state index is 7.27. The molecule has 2 atom stereocenters. The molecule has 11 nitrogen and oxygen atoms in total. The molecule has 0 saturated carbocycles. The molecule has 6 rings (SSSR count). The molecule has 0 aromatic carbocycles. The first kappa shape index (κ1) is 21.1. The third-order valence-electron chi connectivity index (χ3n) is 7.69. The van der Waals surface area contributed by atoms with E-state index >= 15 is 0 Å². The maximum Gasteiger partial charge on any atom is 0.271 e. The minimum atomic E-state index is 0.0740. The molecule has 11 heteroatoms. The molecule has 0 radical (unpaired) electrons. The van der Waals surface area contributed by atoms with Crippen LogP contribution in [0.15, 0.2) is 18.3 Å². The van der Waals surface area contributed by atoms with Crippen LogP contribution in [-0.2, 0) is 4.74 Å². The summed E-state index contributed by atoms with van der Waals surface area (Å²) in [5.41, 5.74) is 8.83. The lowest BCUT2D eigenvalue weighted by Gasteiger charge is -2.41. The van der Waals surface area contributed by atoms with Gasteiger partial charge in [-0.3, -0.25) is 5.10 Å². The van der Waals surface area contributed by atoms with Crippen LogP contribution in [0.1, 0.15) is 19.8 Å². The highest BCUT2D eigenvalue weighted by atomic mass is 16.5.